The number of nitrogens with one attached hydrogen (secondary N) is 1. The van der Waals surface area contributed by atoms with Gasteiger partial charge in [-0.2, -0.15) is 5.10 Å². The molecule has 2 aromatic rings. The minimum atomic E-state index is -0.343. The van der Waals surface area contributed by atoms with Crippen molar-refractivity contribution in [2.45, 2.75) is 32.7 Å². The van der Waals surface area contributed by atoms with Gasteiger partial charge in [0.05, 0.1) is 34.2 Å². The third kappa shape index (κ3) is 6.31. The largest absolute Gasteiger partial charge is 0.493 e. The Kier molecular flexibility index (Phi) is 8.40. The lowest BCUT2D eigenvalue weighted by molar-refractivity contribution is -0.120. The zero-order valence-corrected chi connectivity index (χ0v) is 20.0. The molecule has 1 heterocycles. The molecule has 8 heteroatoms. The third-order valence-corrected chi connectivity index (χ3v) is 5.29. The van der Waals surface area contributed by atoms with E-state index in [1.165, 1.54) is 0 Å². The Morgan fingerprint density at radius 3 is 2.45 bits per heavy atom. The monoisotopic (exact) mass is 455 g/mol. The van der Waals surface area contributed by atoms with Crippen molar-refractivity contribution < 1.29 is 23.7 Å². The van der Waals surface area contributed by atoms with E-state index < -0.39 is 0 Å². The fourth-order valence-corrected chi connectivity index (χ4v) is 3.58. The van der Waals surface area contributed by atoms with Crippen LogP contribution >= 0.6 is 0 Å². The van der Waals surface area contributed by atoms with Crippen LogP contribution in [-0.2, 0) is 4.79 Å². The molecule has 178 valence electrons. The molecule has 33 heavy (non-hydrogen) atoms. The fraction of sp³-hybridized carbons (Fsp3) is 0.440. The Morgan fingerprint density at radius 1 is 1.06 bits per heavy atom. The fourth-order valence-electron chi connectivity index (χ4n) is 3.58. The van der Waals surface area contributed by atoms with Gasteiger partial charge in [-0.05, 0) is 54.7 Å². The second-order valence-electron chi connectivity index (χ2n) is 8.24. The molecule has 0 aliphatic carbocycles. The first kappa shape index (κ1) is 24.2. The van der Waals surface area contributed by atoms with Crippen LogP contribution in [0.5, 0.6) is 23.0 Å². The molecule has 2 aromatic carbocycles. The zero-order chi connectivity index (χ0) is 23.8. The van der Waals surface area contributed by atoms with Gasteiger partial charge in [0, 0.05) is 18.3 Å². The summed E-state index contributed by atoms with van der Waals surface area (Å²) in [6, 6.07) is 10.6. The minimum absolute atomic E-state index is 0.104. The average Bonchev–Trinajstić information content (AvgIpc) is 3.30. The van der Waals surface area contributed by atoms with Gasteiger partial charge in [-0.1, -0.05) is 13.8 Å². The number of hydrogen-bond acceptors (Lipinski definition) is 7. The van der Waals surface area contributed by atoms with Gasteiger partial charge in [0.1, 0.15) is 6.04 Å². The summed E-state index contributed by atoms with van der Waals surface area (Å²) in [5.74, 6) is 2.83. The second kappa shape index (κ2) is 11.4. The maximum atomic E-state index is 12.9. The summed E-state index contributed by atoms with van der Waals surface area (Å²) in [6.07, 6.45) is 3.39. The SMILES string of the molecule is COc1ccc(NC(=O)C2CCCN2/N=C/c2ccc(OC)c(OCC(C)C)c2)cc1OC. The van der Waals surface area contributed by atoms with Crippen molar-refractivity contribution in [2.75, 3.05) is 39.8 Å². The van der Waals surface area contributed by atoms with Crippen LogP contribution < -0.4 is 24.3 Å². The highest BCUT2D eigenvalue weighted by molar-refractivity contribution is 5.95. The Balaban J connectivity index is 1.69. The van der Waals surface area contributed by atoms with Gasteiger partial charge >= 0.3 is 0 Å². The minimum Gasteiger partial charge on any atom is -0.493 e. The zero-order valence-electron chi connectivity index (χ0n) is 20.0. The highest BCUT2D eigenvalue weighted by Gasteiger charge is 2.30. The van der Waals surface area contributed by atoms with E-state index in [1.54, 1.807) is 45.7 Å². The van der Waals surface area contributed by atoms with E-state index in [0.717, 1.165) is 18.4 Å². The summed E-state index contributed by atoms with van der Waals surface area (Å²) in [6.45, 7) is 5.51. The maximum Gasteiger partial charge on any atom is 0.248 e. The van der Waals surface area contributed by atoms with Crippen LogP contribution in [0.25, 0.3) is 0 Å². The molecule has 0 bridgehead atoms. The molecule has 0 saturated carbocycles. The number of anilines is 1. The molecule has 1 fully saturated rings. The van der Waals surface area contributed by atoms with Gasteiger partial charge in [0.25, 0.3) is 0 Å². The lowest BCUT2D eigenvalue weighted by Gasteiger charge is -2.21. The summed E-state index contributed by atoms with van der Waals surface area (Å²) >= 11 is 0. The van der Waals surface area contributed by atoms with Crippen molar-refractivity contribution in [1.29, 1.82) is 0 Å². The summed E-state index contributed by atoms with van der Waals surface area (Å²) in [4.78, 5) is 12.9. The predicted octanol–water partition coefficient (Wildman–Crippen LogP) is 4.18. The molecule has 1 aliphatic heterocycles. The van der Waals surface area contributed by atoms with Crippen LogP contribution in [0.1, 0.15) is 32.3 Å². The van der Waals surface area contributed by atoms with Gasteiger partial charge in [0.2, 0.25) is 5.91 Å². The molecular formula is C25H33N3O5. The Labute approximate surface area is 195 Å². The third-order valence-electron chi connectivity index (χ3n) is 5.29. The lowest BCUT2D eigenvalue weighted by Crippen LogP contribution is -2.36. The normalized spacial score (nSPS) is 15.7. The molecule has 1 aliphatic rings. The molecule has 8 nitrogen and oxygen atoms in total. The van der Waals surface area contributed by atoms with Crippen molar-refractivity contribution in [3.05, 3.63) is 42.0 Å². The molecule has 0 radical (unpaired) electrons. The molecule has 1 saturated heterocycles. The first-order valence-corrected chi connectivity index (χ1v) is 11.1. The van der Waals surface area contributed by atoms with Crippen LogP contribution in [0.2, 0.25) is 0 Å². The van der Waals surface area contributed by atoms with E-state index in [-0.39, 0.29) is 11.9 Å². The van der Waals surface area contributed by atoms with Crippen LogP contribution in [-0.4, -0.2) is 57.7 Å². The van der Waals surface area contributed by atoms with Crippen molar-refractivity contribution in [1.82, 2.24) is 5.01 Å². The van der Waals surface area contributed by atoms with E-state index >= 15 is 0 Å². The van der Waals surface area contributed by atoms with E-state index in [1.807, 2.05) is 23.2 Å². The van der Waals surface area contributed by atoms with Crippen LogP contribution in [0, 0.1) is 5.92 Å². The molecule has 1 N–H and O–H groups in total. The quantitative estimate of drug-likeness (QED) is 0.541. The first-order valence-electron chi connectivity index (χ1n) is 11.1. The van der Waals surface area contributed by atoms with Crippen LogP contribution in [0.15, 0.2) is 41.5 Å². The first-order chi connectivity index (χ1) is 15.9. The number of hydrazone groups is 1. The molecule has 1 atom stereocenters. The van der Waals surface area contributed by atoms with Crippen molar-refractivity contribution in [2.24, 2.45) is 11.0 Å². The highest BCUT2D eigenvalue weighted by Crippen LogP contribution is 2.31. The average molecular weight is 456 g/mol. The Hall–Kier alpha value is -3.42. The summed E-state index contributed by atoms with van der Waals surface area (Å²) in [5.41, 5.74) is 1.52. The van der Waals surface area contributed by atoms with Crippen LogP contribution in [0.3, 0.4) is 0 Å². The van der Waals surface area contributed by atoms with E-state index in [0.29, 0.717) is 47.8 Å². The molecular weight excluding hydrogens is 422 g/mol. The summed E-state index contributed by atoms with van der Waals surface area (Å²) < 4.78 is 21.9. The maximum absolute atomic E-state index is 12.9. The van der Waals surface area contributed by atoms with Gasteiger partial charge in [-0.3, -0.25) is 9.80 Å². The van der Waals surface area contributed by atoms with Crippen molar-refractivity contribution in [3.63, 3.8) is 0 Å². The molecule has 0 spiro atoms. The van der Waals surface area contributed by atoms with Crippen LogP contribution in [0.4, 0.5) is 5.69 Å². The number of amides is 1. The number of rotatable bonds is 10. The molecule has 1 unspecified atom stereocenters. The topological polar surface area (TPSA) is 81.6 Å². The van der Waals surface area contributed by atoms with Gasteiger partial charge < -0.3 is 24.3 Å². The van der Waals surface area contributed by atoms with E-state index in [2.05, 4.69) is 24.3 Å². The number of hydrogen-bond donors (Lipinski definition) is 1. The number of carbonyl (C=O) groups excluding carboxylic acids is 1. The molecule has 1 amide bonds. The summed E-state index contributed by atoms with van der Waals surface area (Å²) in [5, 5.41) is 9.39. The van der Waals surface area contributed by atoms with Gasteiger partial charge in [-0.15, -0.1) is 0 Å². The van der Waals surface area contributed by atoms with Crippen molar-refractivity contribution in [3.8, 4) is 23.0 Å². The number of ether oxygens (including phenoxy) is 4. The molecule has 0 aromatic heterocycles. The van der Waals surface area contributed by atoms with E-state index in [4.69, 9.17) is 18.9 Å². The number of benzene rings is 2. The van der Waals surface area contributed by atoms with Gasteiger partial charge in [-0.25, -0.2) is 0 Å². The number of carbonyl (C=O) groups is 1. The second-order valence-corrected chi connectivity index (χ2v) is 8.24. The number of methoxy groups -OCH3 is 3. The molecule has 3 rings (SSSR count). The standard InChI is InChI=1S/C25H33N3O5/c1-17(2)16-33-24-13-18(8-10-22(24)31-4)15-26-28-12-6-7-20(28)25(29)27-19-9-11-21(30-3)23(14-19)32-5/h8-11,13-15,17,20H,6-7,12,16H2,1-5H3,(H,27,29)/b26-15+. The highest BCUT2D eigenvalue weighted by atomic mass is 16.5. The predicted molar refractivity (Wildman–Crippen MR) is 129 cm³/mol. The smallest absolute Gasteiger partial charge is 0.248 e. The number of nitrogens with zero attached hydrogens (tertiary/aromatic N) is 2. The Morgan fingerprint density at radius 2 is 1.76 bits per heavy atom. The Bertz CT molecular complexity index is 977. The lowest BCUT2D eigenvalue weighted by atomic mass is 10.2. The van der Waals surface area contributed by atoms with Gasteiger partial charge in [0.15, 0.2) is 23.0 Å². The van der Waals surface area contributed by atoms with Crippen molar-refractivity contribution >= 4 is 17.8 Å². The summed E-state index contributed by atoms with van der Waals surface area (Å²) in [7, 11) is 4.76. The van der Waals surface area contributed by atoms with E-state index in [9.17, 15) is 4.79 Å².